The largest absolute Gasteiger partial charge is 0.351 e. The normalized spacial score (nSPS) is 13.2. The molecule has 0 atom stereocenters. The standard InChI is InChI=1S/C22H31N5O2/c1-4-26(17-11-6-5-7-12-17)22(29)20-24-19(18-13-8-9-16-27(18)20)21(28)23-14-10-15-25(2)3/h5-7,11-12H,4,8-10,13-16H2,1-3H3,(H,23,28). The number of benzene rings is 1. The first-order chi connectivity index (χ1) is 14.0. The molecule has 29 heavy (non-hydrogen) atoms. The molecule has 1 N–H and O–H groups in total. The van der Waals surface area contributed by atoms with Crippen LogP contribution in [-0.2, 0) is 13.0 Å². The summed E-state index contributed by atoms with van der Waals surface area (Å²) in [6.07, 6.45) is 3.65. The SMILES string of the molecule is CCN(C(=O)c1nc(C(=O)NCCCN(C)C)c2n1CCCC2)c1ccccc1. The number of hydrogen-bond acceptors (Lipinski definition) is 4. The number of fused-ring (bicyclic) bond motifs is 1. The maximum atomic E-state index is 13.3. The van der Waals surface area contributed by atoms with Crippen molar-refractivity contribution in [3.05, 3.63) is 47.5 Å². The van der Waals surface area contributed by atoms with E-state index in [1.54, 1.807) is 4.90 Å². The first-order valence-electron chi connectivity index (χ1n) is 10.4. The topological polar surface area (TPSA) is 70.5 Å². The lowest BCUT2D eigenvalue weighted by Crippen LogP contribution is -2.33. The first kappa shape index (κ1) is 21.0. The number of nitrogens with one attached hydrogen (secondary N) is 1. The van der Waals surface area contributed by atoms with Crippen LogP contribution in [0, 0.1) is 0 Å². The molecule has 1 aliphatic heterocycles. The molecule has 1 aromatic heterocycles. The van der Waals surface area contributed by atoms with Gasteiger partial charge in [0.1, 0.15) is 5.69 Å². The minimum Gasteiger partial charge on any atom is -0.351 e. The van der Waals surface area contributed by atoms with Crippen LogP contribution >= 0.6 is 0 Å². The van der Waals surface area contributed by atoms with Gasteiger partial charge in [-0.05, 0) is 65.4 Å². The number of hydrogen-bond donors (Lipinski definition) is 1. The van der Waals surface area contributed by atoms with Gasteiger partial charge in [0.2, 0.25) is 5.82 Å². The Kier molecular flexibility index (Phi) is 7.04. The zero-order chi connectivity index (χ0) is 20.8. The molecule has 2 amide bonds. The van der Waals surface area contributed by atoms with E-state index < -0.39 is 0 Å². The van der Waals surface area contributed by atoms with Gasteiger partial charge in [0.25, 0.3) is 11.8 Å². The van der Waals surface area contributed by atoms with Gasteiger partial charge in [-0.3, -0.25) is 9.59 Å². The summed E-state index contributed by atoms with van der Waals surface area (Å²) in [6, 6.07) is 9.59. The van der Waals surface area contributed by atoms with Crippen molar-refractivity contribution in [2.45, 2.75) is 39.2 Å². The van der Waals surface area contributed by atoms with Crippen molar-refractivity contribution in [3.8, 4) is 0 Å². The Morgan fingerprint density at radius 3 is 2.62 bits per heavy atom. The van der Waals surface area contributed by atoms with Crippen molar-refractivity contribution in [2.24, 2.45) is 0 Å². The van der Waals surface area contributed by atoms with Crippen LogP contribution in [0.5, 0.6) is 0 Å². The summed E-state index contributed by atoms with van der Waals surface area (Å²) in [5.41, 5.74) is 2.12. The van der Waals surface area contributed by atoms with Crippen LogP contribution in [-0.4, -0.2) is 60.0 Å². The number of aromatic nitrogens is 2. The molecule has 1 aliphatic rings. The third-order valence-corrected chi connectivity index (χ3v) is 5.22. The molecule has 0 unspecified atom stereocenters. The fraction of sp³-hybridized carbons (Fsp3) is 0.500. The highest BCUT2D eigenvalue weighted by molar-refractivity contribution is 6.05. The fourth-order valence-corrected chi connectivity index (χ4v) is 3.74. The molecule has 7 nitrogen and oxygen atoms in total. The third kappa shape index (κ3) is 4.85. The minimum absolute atomic E-state index is 0.159. The van der Waals surface area contributed by atoms with Gasteiger partial charge in [-0.1, -0.05) is 18.2 Å². The summed E-state index contributed by atoms with van der Waals surface area (Å²) in [5.74, 6) is 0.0218. The van der Waals surface area contributed by atoms with E-state index in [9.17, 15) is 9.59 Å². The van der Waals surface area contributed by atoms with E-state index >= 15 is 0 Å². The highest BCUT2D eigenvalue weighted by atomic mass is 16.2. The van der Waals surface area contributed by atoms with Crippen molar-refractivity contribution in [1.82, 2.24) is 19.8 Å². The molecule has 0 radical (unpaired) electrons. The van der Waals surface area contributed by atoms with E-state index in [1.165, 1.54) is 0 Å². The predicted octanol–water partition coefficient (Wildman–Crippen LogP) is 2.57. The molecule has 0 aliphatic carbocycles. The number of carbonyl (C=O) groups excluding carboxylic acids is 2. The number of amides is 2. The molecule has 2 heterocycles. The smallest absolute Gasteiger partial charge is 0.294 e. The van der Waals surface area contributed by atoms with Gasteiger partial charge in [0.05, 0.1) is 5.69 Å². The highest BCUT2D eigenvalue weighted by Crippen LogP contribution is 2.24. The molecule has 0 saturated carbocycles. The summed E-state index contributed by atoms with van der Waals surface area (Å²) in [7, 11) is 4.02. The van der Waals surface area contributed by atoms with Crippen LogP contribution in [0.25, 0.3) is 0 Å². The van der Waals surface area contributed by atoms with E-state index in [1.807, 2.05) is 55.9 Å². The summed E-state index contributed by atoms with van der Waals surface area (Å²) < 4.78 is 1.95. The van der Waals surface area contributed by atoms with Crippen molar-refractivity contribution in [2.75, 3.05) is 38.6 Å². The monoisotopic (exact) mass is 397 g/mol. The van der Waals surface area contributed by atoms with Gasteiger partial charge in [0, 0.05) is 25.3 Å². The fourth-order valence-electron chi connectivity index (χ4n) is 3.74. The average molecular weight is 398 g/mol. The minimum atomic E-state index is -0.184. The summed E-state index contributed by atoms with van der Waals surface area (Å²) in [6.45, 7) is 4.72. The van der Waals surface area contributed by atoms with E-state index in [0.29, 0.717) is 24.6 Å². The first-order valence-corrected chi connectivity index (χ1v) is 10.4. The Labute approximate surface area is 172 Å². The second-order valence-corrected chi connectivity index (χ2v) is 7.64. The molecular weight excluding hydrogens is 366 g/mol. The van der Waals surface area contributed by atoms with Gasteiger partial charge in [0.15, 0.2) is 0 Å². The lowest BCUT2D eigenvalue weighted by atomic mass is 10.1. The van der Waals surface area contributed by atoms with E-state index in [2.05, 4.69) is 15.2 Å². The summed E-state index contributed by atoms with van der Waals surface area (Å²) in [4.78, 5) is 34.5. The van der Waals surface area contributed by atoms with Crippen LogP contribution in [0.4, 0.5) is 5.69 Å². The Bertz CT molecular complexity index is 844. The lowest BCUT2D eigenvalue weighted by Gasteiger charge is -2.22. The maximum Gasteiger partial charge on any atom is 0.294 e. The van der Waals surface area contributed by atoms with Crippen molar-refractivity contribution in [1.29, 1.82) is 0 Å². The Morgan fingerprint density at radius 2 is 1.93 bits per heavy atom. The van der Waals surface area contributed by atoms with E-state index in [4.69, 9.17) is 0 Å². The Morgan fingerprint density at radius 1 is 1.17 bits per heavy atom. The molecule has 0 spiro atoms. The van der Waals surface area contributed by atoms with Crippen LogP contribution in [0.1, 0.15) is 53.0 Å². The number of imidazole rings is 1. The Hall–Kier alpha value is -2.67. The summed E-state index contributed by atoms with van der Waals surface area (Å²) >= 11 is 0. The predicted molar refractivity (Wildman–Crippen MR) is 114 cm³/mol. The molecule has 0 bridgehead atoms. The second kappa shape index (κ2) is 9.69. The molecule has 2 aromatic rings. The Balaban J connectivity index is 1.84. The summed E-state index contributed by atoms with van der Waals surface area (Å²) in [5, 5.41) is 2.97. The highest BCUT2D eigenvalue weighted by Gasteiger charge is 2.29. The van der Waals surface area contributed by atoms with Gasteiger partial charge in [-0.25, -0.2) is 4.98 Å². The lowest BCUT2D eigenvalue weighted by molar-refractivity contribution is 0.0946. The van der Waals surface area contributed by atoms with Crippen LogP contribution in [0.15, 0.2) is 30.3 Å². The van der Waals surface area contributed by atoms with Crippen LogP contribution in [0.3, 0.4) is 0 Å². The number of carbonyl (C=O) groups is 2. The van der Waals surface area contributed by atoms with Crippen molar-refractivity contribution in [3.63, 3.8) is 0 Å². The van der Waals surface area contributed by atoms with Gasteiger partial charge < -0.3 is 19.7 Å². The number of rotatable bonds is 8. The molecule has 0 saturated heterocycles. The van der Waals surface area contributed by atoms with Crippen LogP contribution in [0.2, 0.25) is 0 Å². The zero-order valence-electron chi connectivity index (χ0n) is 17.6. The zero-order valence-corrected chi connectivity index (χ0v) is 17.6. The molecule has 156 valence electrons. The number of nitrogens with zero attached hydrogens (tertiary/aromatic N) is 4. The van der Waals surface area contributed by atoms with E-state index in [0.717, 1.165) is 50.2 Å². The molecule has 3 rings (SSSR count). The number of anilines is 1. The third-order valence-electron chi connectivity index (χ3n) is 5.22. The quantitative estimate of drug-likeness (QED) is 0.695. The molecule has 1 aromatic carbocycles. The molecule has 0 fully saturated rings. The molecular formula is C22H31N5O2. The van der Waals surface area contributed by atoms with Crippen LogP contribution < -0.4 is 10.2 Å². The second-order valence-electron chi connectivity index (χ2n) is 7.64. The van der Waals surface area contributed by atoms with E-state index in [-0.39, 0.29) is 11.8 Å². The maximum absolute atomic E-state index is 13.3. The van der Waals surface area contributed by atoms with Gasteiger partial charge in [-0.2, -0.15) is 0 Å². The van der Waals surface area contributed by atoms with Crippen molar-refractivity contribution < 1.29 is 9.59 Å². The van der Waals surface area contributed by atoms with Crippen molar-refractivity contribution >= 4 is 17.5 Å². The molecule has 7 heteroatoms. The average Bonchev–Trinajstić information content (AvgIpc) is 3.12. The number of para-hydroxylation sites is 1. The van der Waals surface area contributed by atoms with Gasteiger partial charge >= 0.3 is 0 Å². The van der Waals surface area contributed by atoms with Gasteiger partial charge in [-0.15, -0.1) is 0 Å².